The van der Waals surface area contributed by atoms with E-state index in [-0.39, 0.29) is 5.11 Å². The van der Waals surface area contributed by atoms with Crippen LogP contribution in [0.25, 0.3) is 0 Å². The SMILES string of the molecule is NC(=S)Nc1cccc(OCCCCCN2CCN(c3ccc(Cl)cc3Cl)C2=S)c1. The lowest BCUT2D eigenvalue weighted by Gasteiger charge is -2.22. The molecule has 5 nitrogen and oxygen atoms in total. The van der Waals surface area contributed by atoms with E-state index in [0.29, 0.717) is 16.7 Å². The van der Waals surface area contributed by atoms with Crippen LogP contribution in [-0.2, 0) is 0 Å². The van der Waals surface area contributed by atoms with Gasteiger partial charge in [-0.05, 0) is 74.0 Å². The lowest BCUT2D eigenvalue weighted by atomic mass is 10.2. The third-order valence-electron chi connectivity index (χ3n) is 4.74. The summed E-state index contributed by atoms with van der Waals surface area (Å²) in [7, 11) is 0. The number of halogens is 2. The Kier molecular flexibility index (Phi) is 8.39. The average molecular weight is 483 g/mol. The average Bonchev–Trinajstić information content (AvgIpc) is 3.05. The van der Waals surface area contributed by atoms with Gasteiger partial charge in [0.15, 0.2) is 10.2 Å². The fourth-order valence-corrected chi connectivity index (χ4v) is 4.29. The van der Waals surface area contributed by atoms with Crippen LogP contribution in [0.1, 0.15) is 19.3 Å². The Morgan fingerprint density at radius 3 is 2.70 bits per heavy atom. The van der Waals surface area contributed by atoms with Crippen LogP contribution in [0.3, 0.4) is 0 Å². The van der Waals surface area contributed by atoms with Gasteiger partial charge >= 0.3 is 0 Å². The fourth-order valence-electron chi connectivity index (χ4n) is 3.29. The van der Waals surface area contributed by atoms with Crippen molar-refractivity contribution < 1.29 is 4.74 Å². The zero-order valence-corrected chi connectivity index (χ0v) is 19.6. The van der Waals surface area contributed by atoms with Gasteiger partial charge in [-0.3, -0.25) is 0 Å². The van der Waals surface area contributed by atoms with Crippen LogP contribution in [0.2, 0.25) is 10.0 Å². The predicted molar refractivity (Wildman–Crippen MR) is 134 cm³/mol. The zero-order valence-electron chi connectivity index (χ0n) is 16.4. The van der Waals surface area contributed by atoms with Gasteiger partial charge < -0.3 is 25.6 Å². The molecule has 0 radical (unpaired) electrons. The topological polar surface area (TPSA) is 53.8 Å². The number of thiocarbonyl (C=S) groups is 2. The minimum absolute atomic E-state index is 0.240. The molecule has 0 amide bonds. The molecule has 0 unspecified atom stereocenters. The molecule has 3 rings (SSSR count). The molecule has 0 aromatic heterocycles. The molecule has 1 aliphatic rings. The second-order valence-corrected chi connectivity index (χ2v) is 8.59. The standard InChI is InChI=1S/C21H24Cl2N4OS2/c22-15-7-8-19(18(23)13-15)27-11-10-26(21(27)30)9-2-1-3-12-28-17-6-4-5-16(14-17)25-20(24)29/h4-8,13-14H,1-3,9-12H2,(H3,24,25,29). The Labute approximate surface area is 198 Å². The van der Waals surface area contributed by atoms with E-state index in [2.05, 4.69) is 15.1 Å². The number of rotatable bonds is 9. The van der Waals surface area contributed by atoms with Gasteiger partial charge in [0.25, 0.3) is 0 Å². The Morgan fingerprint density at radius 1 is 1.10 bits per heavy atom. The van der Waals surface area contributed by atoms with Crippen molar-refractivity contribution >= 4 is 69.2 Å². The quantitative estimate of drug-likeness (QED) is 0.371. The number of nitrogens with two attached hydrogens (primary N) is 1. The van der Waals surface area contributed by atoms with E-state index in [1.807, 2.05) is 36.4 Å². The number of anilines is 2. The molecule has 0 bridgehead atoms. The summed E-state index contributed by atoms with van der Waals surface area (Å²) in [5.74, 6) is 0.799. The van der Waals surface area contributed by atoms with Crippen LogP contribution in [0.15, 0.2) is 42.5 Å². The highest BCUT2D eigenvalue weighted by molar-refractivity contribution is 7.80. The van der Waals surface area contributed by atoms with Crippen molar-refractivity contribution in [1.82, 2.24) is 4.90 Å². The molecule has 1 fully saturated rings. The normalized spacial score (nSPS) is 13.6. The molecular formula is C21H24Cl2N4OS2. The third-order valence-corrected chi connectivity index (χ3v) is 5.86. The first kappa shape index (κ1) is 22.9. The van der Waals surface area contributed by atoms with E-state index in [1.54, 1.807) is 6.07 Å². The first-order valence-electron chi connectivity index (χ1n) is 9.75. The van der Waals surface area contributed by atoms with Gasteiger partial charge in [-0.2, -0.15) is 0 Å². The van der Waals surface area contributed by atoms with Crippen molar-refractivity contribution in [3.05, 3.63) is 52.5 Å². The Bertz CT molecular complexity index is 912. The molecule has 3 N–H and O–H groups in total. The van der Waals surface area contributed by atoms with Crippen LogP contribution in [0.4, 0.5) is 11.4 Å². The summed E-state index contributed by atoms with van der Waals surface area (Å²) in [4.78, 5) is 4.30. The molecule has 0 spiro atoms. The lowest BCUT2D eigenvalue weighted by Crippen LogP contribution is -2.32. The van der Waals surface area contributed by atoms with Crippen LogP contribution >= 0.6 is 47.6 Å². The molecule has 1 saturated heterocycles. The van der Waals surface area contributed by atoms with Gasteiger partial charge in [0.05, 0.1) is 17.3 Å². The van der Waals surface area contributed by atoms with E-state index < -0.39 is 0 Å². The monoisotopic (exact) mass is 482 g/mol. The summed E-state index contributed by atoms with van der Waals surface area (Å²) in [5.41, 5.74) is 7.24. The van der Waals surface area contributed by atoms with E-state index in [0.717, 1.165) is 61.1 Å². The summed E-state index contributed by atoms with van der Waals surface area (Å²) in [6.07, 6.45) is 3.08. The number of hydrogen-bond acceptors (Lipinski definition) is 3. The second-order valence-electron chi connectivity index (χ2n) is 6.94. The molecule has 0 aliphatic carbocycles. The van der Waals surface area contributed by atoms with Crippen molar-refractivity contribution in [2.45, 2.75) is 19.3 Å². The maximum Gasteiger partial charge on any atom is 0.176 e. The first-order chi connectivity index (χ1) is 14.4. The van der Waals surface area contributed by atoms with E-state index in [1.165, 1.54) is 0 Å². The van der Waals surface area contributed by atoms with Crippen LogP contribution in [0.5, 0.6) is 5.75 Å². The number of nitrogens with one attached hydrogen (secondary N) is 1. The van der Waals surface area contributed by atoms with Crippen molar-refractivity contribution in [1.29, 1.82) is 0 Å². The molecule has 1 heterocycles. The highest BCUT2D eigenvalue weighted by Crippen LogP contribution is 2.31. The van der Waals surface area contributed by atoms with E-state index in [9.17, 15) is 0 Å². The lowest BCUT2D eigenvalue weighted by molar-refractivity contribution is 0.302. The Balaban J connectivity index is 1.37. The van der Waals surface area contributed by atoms with Crippen molar-refractivity contribution in [3.63, 3.8) is 0 Å². The van der Waals surface area contributed by atoms with Crippen LogP contribution in [-0.4, -0.2) is 41.4 Å². The summed E-state index contributed by atoms with van der Waals surface area (Å²) < 4.78 is 5.82. The van der Waals surface area contributed by atoms with Crippen molar-refractivity contribution in [2.75, 3.05) is 36.5 Å². The van der Waals surface area contributed by atoms with Crippen LogP contribution in [0, 0.1) is 0 Å². The highest BCUT2D eigenvalue weighted by Gasteiger charge is 2.26. The minimum Gasteiger partial charge on any atom is -0.494 e. The van der Waals surface area contributed by atoms with E-state index >= 15 is 0 Å². The second kappa shape index (κ2) is 11.0. The number of nitrogens with zero attached hydrogens (tertiary/aromatic N) is 2. The largest absolute Gasteiger partial charge is 0.494 e. The van der Waals surface area contributed by atoms with Crippen molar-refractivity contribution in [2.24, 2.45) is 5.73 Å². The van der Waals surface area contributed by atoms with Gasteiger partial charge in [-0.1, -0.05) is 29.3 Å². The van der Waals surface area contributed by atoms with Crippen LogP contribution < -0.4 is 20.7 Å². The summed E-state index contributed by atoms with van der Waals surface area (Å²) in [6.45, 7) is 3.32. The molecule has 2 aromatic carbocycles. The number of unbranched alkanes of at least 4 members (excludes halogenated alkanes) is 2. The third kappa shape index (κ3) is 6.35. The van der Waals surface area contributed by atoms with Gasteiger partial charge in [-0.15, -0.1) is 0 Å². The predicted octanol–water partition coefficient (Wildman–Crippen LogP) is 5.31. The number of ether oxygens (including phenoxy) is 1. The van der Waals surface area contributed by atoms with Gasteiger partial charge in [0.1, 0.15) is 5.75 Å². The molecule has 1 aliphatic heterocycles. The van der Waals surface area contributed by atoms with E-state index in [4.69, 9.17) is 58.1 Å². The molecule has 0 saturated carbocycles. The molecule has 2 aromatic rings. The van der Waals surface area contributed by atoms with Crippen molar-refractivity contribution in [3.8, 4) is 5.75 Å². The Hall–Kier alpha value is -1.80. The molecule has 0 atom stereocenters. The first-order valence-corrected chi connectivity index (χ1v) is 11.3. The smallest absolute Gasteiger partial charge is 0.176 e. The zero-order chi connectivity index (χ0) is 21.5. The Morgan fingerprint density at radius 2 is 1.93 bits per heavy atom. The van der Waals surface area contributed by atoms with Gasteiger partial charge in [-0.25, -0.2) is 0 Å². The highest BCUT2D eigenvalue weighted by atomic mass is 35.5. The maximum atomic E-state index is 6.33. The fraction of sp³-hybridized carbons (Fsp3) is 0.333. The molecular weight excluding hydrogens is 459 g/mol. The summed E-state index contributed by atoms with van der Waals surface area (Å²) in [5, 5.41) is 5.21. The maximum absolute atomic E-state index is 6.33. The summed E-state index contributed by atoms with van der Waals surface area (Å²) >= 11 is 22.8. The number of hydrogen-bond donors (Lipinski definition) is 2. The van der Waals surface area contributed by atoms with Gasteiger partial charge in [0.2, 0.25) is 0 Å². The molecule has 9 heteroatoms. The molecule has 160 valence electrons. The number of benzene rings is 2. The summed E-state index contributed by atoms with van der Waals surface area (Å²) in [6, 6.07) is 13.1. The minimum atomic E-state index is 0.240. The molecule has 30 heavy (non-hydrogen) atoms. The van der Waals surface area contributed by atoms with Gasteiger partial charge in [0, 0.05) is 36.4 Å².